The summed E-state index contributed by atoms with van der Waals surface area (Å²) in [7, 11) is 0. The van der Waals surface area contributed by atoms with Gasteiger partial charge in [0.25, 0.3) is 5.56 Å². The Balaban J connectivity index is 2.28. The van der Waals surface area contributed by atoms with Crippen LogP contribution in [0.2, 0.25) is 0 Å². The van der Waals surface area contributed by atoms with Crippen molar-refractivity contribution in [2.45, 2.75) is 57.8 Å². The van der Waals surface area contributed by atoms with Crippen LogP contribution in [0.25, 0.3) is 0 Å². The van der Waals surface area contributed by atoms with E-state index in [2.05, 4.69) is 4.98 Å². The second-order valence-corrected chi connectivity index (χ2v) is 5.11. The molecule has 0 unspecified atom stereocenters. The molecule has 0 atom stereocenters. The summed E-state index contributed by atoms with van der Waals surface area (Å²) in [4.78, 5) is 14.7. The van der Waals surface area contributed by atoms with Gasteiger partial charge in [-0.2, -0.15) is 5.26 Å². The largest absolute Gasteiger partial charge is 0.325 e. The first-order valence-corrected chi connectivity index (χ1v) is 6.96. The fourth-order valence-corrected chi connectivity index (χ4v) is 2.64. The standard InChI is InChI=1S/C15H20N2O/c16-11-14-12-8-6-4-2-1-3-5-7-9-13(10-12)17-15(14)18/h10H,1-9H2,(H,17,18). The SMILES string of the molecule is N#Cc1c2cc([nH]c1=O)CCCCCCCCC2. The summed E-state index contributed by atoms with van der Waals surface area (Å²) in [6.07, 6.45) is 10.3. The van der Waals surface area contributed by atoms with E-state index in [0.717, 1.165) is 36.9 Å². The van der Waals surface area contributed by atoms with E-state index >= 15 is 0 Å². The molecule has 0 spiro atoms. The number of nitriles is 1. The quantitative estimate of drug-likeness (QED) is 0.762. The lowest BCUT2D eigenvalue weighted by Gasteiger charge is -2.09. The second kappa shape index (κ2) is 6.39. The molecule has 0 saturated carbocycles. The van der Waals surface area contributed by atoms with Crippen molar-refractivity contribution in [1.82, 2.24) is 4.98 Å². The van der Waals surface area contributed by atoms with Crippen molar-refractivity contribution in [3.8, 4) is 6.07 Å². The van der Waals surface area contributed by atoms with E-state index in [0.29, 0.717) is 5.56 Å². The molecule has 1 aromatic rings. The average Bonchev–Trinajstić information content (AvgIpc) is 2.35. The van der Waals surface area contributed by atoms with Crippen molar-refractivity contribution in [3.63, 3.8) is 0 Å². The van der Waals surface area contributed by atoms with Gasteiger partial charge in [0.05, 0.1) is 0 Å². The molecule has 1 aromatic heterocycles. The summed E-state index contributed by atoms with van der Waals surface area (Å²) in [6.45, 7) is 0. The van der Waals surface area contributed by atoms with Crippen LogP contribution in [-0.4, -0.2) is 4.98 Å². The molecule has 2 rings (SSSR count). The van der Waals surface area contributed by atoms with E-state index < -0.39 is 0 Å². The zero-order chi connectivity index (χ0) is 12.8. The van der Waals surface area contributed by atoms with Crippen LogP contribution in [0, 0.1) is 11.3 Å². The van der Waals surface area contributed by atoms with E-state index in [9.17, 15) is 4.79 Å². The molecule has 0 radical (unpaired) electrons. The first-order valence-electron chi connectivity index (χ1n) is 6.96. The van der Waals surface area contributed by atoms with E-state index in [1.165, 1.54) is 32.1 Å². The van der Waals surface area contributed by atoms with Gasteiger partial charge < -0.3 is 4.98 Å². The third-order valence-electron chi connectivity index (χ3n) is 3.67. The zero-order valence-corrected chi connectivity index (χ0v) is 10.8. The average molecular weight is 244 g/mol. The molecule has 0 aromatic carbocycles. The van der Waals surface area contributed by atoms with Crippen LogP contribution < -0.4 is 5.56 Å². The highest BCUT2D eigenvalue weighted by atomic mass is 16.1. The van der Waals surface area contributed by atoms with Gasteiger partial charge in [-0.1, -0.05) is 32.1 Å². The summed E-state index contributed by atoms with van der Waals surface area (Å²) in [6, 6.07) is 4.07. The van der Waals surface area contributed by atoms with E-state index in [-0.39, 0.29) is 5.56 Å². The number of H-pyrrole nitrogens is 1. The molecular weight excluding hydrogens is 224 g/mol. The highest BCUT2D eigenvalue weighted by Crippen LogP contribution is 2.16. The molecule has 96 valence electrons. The number of nitrogens with one attached hydrogen (secondary N) is 1. The van der Waals surface area contributed by atoms with Gasteiger partial charge in [-0.15, -0.1) is 0 Å². The first-order chi connectivity index (χ1) is 8.81. The number of aryl methyl sites for hydroxylation is 2. The van der Waals surface area contributed by atoms with Crippen molar-refractivity contribution < 1.29 is 0 Å². The number of nitrogens with zero attached hydrogens (tertiary/aromatic N) is 1. The van der Waals surface area contributed by atoms with Crippen LogP contribution in [0.1, 0.15) is 61.8 Å². The van der Waals surface area contributed by atoms with Gasteiger partial charge in [0, 0.05) is 5.69 Å². The molecule has 3 heteroatoms. The Bertz CT molecular complexity index is 496. The van der Waals surface area contributed by atoms with E-state index in [1.807, 2.05) is 12.1 Å². The van der Waals surface area contributed by atoms with Crippen LogP contribution in [0.15, 0.2) is 10.9 Å². The number of hydrogen-bond acceptors (Lipinski definition) is 2. The molecule has 2 bridgehead atoms. The molecule has 1 aliphatic carbocycles. The van der Waals surface area contributed by atoms with Gasteiger partial charge in [0.1, 0.15) is 11.6 Å². The van der Waals surface area contributed by atoms with Gasteiger partial charge in [0.15, 0.2) is 0 Å². The number of aromatic nitrogens is 1. The summed E-state index contributed by atoms with van der Waals surface area (Å²) in [5, 5.41) is 9.06. The molecule has 1 N–H and O–H groups in total. The Morgan fingerprint density at radius 1 is 1.00 bits per heavy atom. The van der Waals surface area contributed by atoms with Crippen molar-refractivity contribution in [3.05, 3.63) is 33.2 Å². The lowest BCUT2D eigenvalue weighted by Crippen LogP contribution is -2.16. The highest BCUT2D eigenvalue weighted by Gasteiger charge is 2.09. The first kappa shape index (κ1) is 12.9. The summed E-state index contributed by atoms with van der Waals surface area (Å²) >= 11 is 0. The minimum atomic E-state index is -0.206. The highest BCUT2D eigenvalue weighted by molar-refractivity contribution is 5.36. The van der Waals surface area contributed by atoms with Crippen LogP contribution >= 0.6 is 0 Å². The van der Waals surface area contributed by atoms with Crippen molar-refractivity contribution in [1.29, 1.82) is 5.26 Å². The minimum Gasteiger partial charge on any atom is -0.325 e. The number of fused-ring (bicyclic) bond motifs is 2. The van der Waals surface area contributed by atoms with E-state index in [1.54, 1.807) is 0 Å². The van der Waals surface area contributed by atoms with Gasteiger partial charge >= 0.3 is 0 Å². The molecule has 1 heterocycles. The molecule has 0 aliphatic heterocycles. The fraction of sp³-hybridized carbons (Fsp3) is 0.600. The Kier molecular flexibility index (Phi) is 4.58. The molecule has 0 fully saturated rings. The Hall–Kier alpha value is -1.56. The van der Waals surface area contributed by atoms with Crippen LogP contribution in [0.4, 0.5) is 0 Å². The van der Waals surface area contributed by atoms with E-state index in [4.69, 9.17) is 5.26 Å². The lowest BCUT2D eigenvalue weighted by molar-refractivity contribution is 0.572. The third kappa shape index (κ3) is 3.22. The van der Waals surface area contributed by atoms with Crippen molar-refractivity contribution >= 4 is 0 Å². The molecular formula is C15H20N2O. The van der Waals surface area contributed by atoms with Gasteiger partial charge in [0.2, 0.25) is 0 Å². The molecule has 18 heavy (non-hydrogen) atoms. The summed E-state index contributed by atoms with van der Waals surface area (Å²) < 4.78 is 0. The summed E-state index contributed by atoms with van der Waals surface area (Å²) in [5.74, 6) is 0. The zero-order valence-electron chi connectivity index (χ0n) is 10.8. The maximum absolute atomic E-state index is 11.8. The van der Waals surface area contributed by atoms with Crippen LogP contribution in [0.3, 0.4) is 0 Å². The maximum Gasteiger partial charge on any atom is 0.266 e. The Labute approximate surface area is 108 Å². The van der Waals surface area contributed by atoms with Crippen LogP contribution in [0.5, 0.6) is 0 Å². The number of hydrogen-bond donors (Lipinski definition) is 1. The second-order valence-electron chi connectivity index (χ2n) is 5.11. The number of rotatable bonds is 0. The predicted molar refractivity (Wildman–Crippen MR) is 71.5 cm³/mol. The topological polar surface area (TPSA) is 56.6 Å². The Morgan fingerprint density at radius 3 is 2.28 bits per heavy atom. The number of pyridine rings is 1. The lowest BCUT2D eigenvalue weighted by atomic mass is 9.98. The summed E-state index contributed by atoms with van der Waals surface area (Å²) in [5.41, 5.74) is 2.05. The normalized spacial score (nSPS) is 17.3. The van der Waals surface area contributed by atoms with Crippen molar-refractivity contribution in [2.75, 3.05) is 0 Å². The fourth-order valence-electron chi connectivity index (χ4n) is 2.64. The third-order valence-corrected chi connectivity index (χ3v) is 3.67. The van der Waals surface area contributed by atoms with Gasteiger partial charge in [-0.05, 0) is 37.3 Å². The molecule has 1 aliphatic rings. The molecule has 0 saturated heterocycles. The predicted octanol–water partition coefficient (Wildman–Crippen LogP) is 3.08. The minimum absolute atomic E-state index is 0.206. The van der Waals surface area contributed by atoms with Crippen molar-refractivity contribution in [2.24, 2.45) is 0 Å². The smallest absolute Gasteiger partial charge is 0.266 e. The number of aromatic amines is 1. The molecule has 3 nitrogen and oxygen atoms in total. The monoisotopic (exact) mass is 244 g/mol. The van der Waals surface area contributed by atoms with Gasteiger partial charge in [-0.3, -0.25) is 4.79 Å². The molecule has 0 amide bonds. The van der Waals surface area contributed by atoms with Gasteiger partial charge in [-0.25, -0.2) is 0 Å². The maximum atomic E-state index is 11.8. The van der Waals surface area contributed by atoms with Crippen LogP contribution in [-0.2, 0) is 12.8 Å². The Morgan fingerprint density at radius 2 is 1.61 bits per heavy atom.